The molecule has 0 radical (unpaired) electrons. The van der Waals surface area contributed by atoms with Gasteiger partial charge in [-0.25, -0.2) is 4.98 Å². The Bertz CT molecular complexity index is 806. The molecular formula is C15H10F3N3O. The molecule has 0 spiro atoms. The van der Waals surface area contributed by atoms with Crippen LogP contribution in [0.4, 0.5) is 18.9 Å². The highest BCUT2D eigenvalue weighted by molar-refractivity contribution is 6.03. The first kappa shape index (κ1) is 14.1. The minimum absolute atomic E-state index is 0.0446. The molecule has 1 N–H and O–H groups in total. The van der Waals surface area contributed by atoms with Crippen molar-refractivity contribution in [1.82, 2.24) is 9.38 Å². The number of aromatic nitrogens is 2. The standard InChI is InChI=1S/C15H10F3N3O/c16-15(17,18)10-5-1-2-6-11(10)20-14(22)12-9-21-8-4-3-7-13(21)19-12/h1-9H,(H,20,22). The molecule has 0 fully saturated rings. The van der Waals surface area contributed by atoms with Gasteiger partial charge in [0, 0.05) is 12.4 Å². The summed E-state index contributed by atoms with van der Waals surface area (Å²) < 4.78 is 40.3. The summed E-state index contributed by atoms with van der Waals surface area (Å²) in [6, 6.07) is 10.0. The van der Waals surface area contributed by atoms with Gasteiger partial charge in [-0.1, -0.05) is 18.2 Å². The van der Waals surface area contributed by atoms with Gasteiger partial charge < -0.3 is 9.72 Å². The molecule has 1 amide bonds. The summed E-state index contributed by atoms with van der Waals surface area (Å²) in [6.07, 6.45) is -1.38. The normalized spacial score (nSPS) is 11.6. The second-order valence-corrected chi connectivity index (χ2v) is 4.59. The predicted molar refractivity (Wildman–Crippen MR) is 74.6 cm³/mol. The van der Waals surface area contributed by atoms with Crippen molar-refractivity contribution in [3.63, 3.8) is 0 Å². The van der Waals surface area contributed by atoms with Gasteiger partial charge in [-0.15, -0.1) is 0 Å². The van der Waals surface area contributed by atoms with Gasteiger partial charge in [0.2, 0.25) is 0 Å². The van der Waals surface area contributed by atoms with Gasteiger partial charge in [-0.3, -0.25) is 4.79 Å². The van der Waals surface area contributed by atoms with Crippen molar-refractivity contribution in [2.45, 2.75) is 6.18 Å². The minimum atomic E-state index is -4.54. The van der Waals surface area contributed by atoms with Gasteiger partial charge in [-0.2, -0.15) is 13.2 Å². The summed E-state index contributed by atoms with van der Waals surface area (Å²) in [7, 11) is 0. The fourth-order valence-electron chi connectivity index (χ4n) is 2.07. The highest BCUT2D eigenvalue weighted by atomic mass is 19.4. The molecule has 2 heterocycles. The van der Waals surface area contributed by atoms with E-state index in [2.05, 4.69) is 10.3 Å². The van der Waals surface area contributed by atoms with E-state index < -0.39 is 17.6 Å². The van der Waals surface area contributed by atoms with E-state index in [0.717, 1.165) is 6.07 Å². The number of para-hydroxylation sites is 1. The fraction of sp³-hybridized carbons (Fsp3) is 0.0667. The lowest BCUT2D eigenvalue weighted by Crippen LogP contribution is -2.16. The summed E-state index contributed by atoms with van der Waals surface area (Å²) in [5, 5.41) is 2.26. The first-order valence-corrected chi connectivity index (χ1v) is 6.36. The molecular weight excluding hydrogens is 295 g/mol. The Balaban J connectivity index is 1.92. The van der Waals surface area contributed by atoms with Crippen LogP contribution in [0, 0.1) is 0 Å². The molecule has 0 saturated carbocycles. The van der Waals surface area contributed by atoms with Gasteiger partial charge in [0.1, 0.15) is 11.3 Å². The number of fused-ring (bicyclic) bond motifs is 1. The largest absolute Gasteiger partial charge is 0.418 e. The van der Waals surface area contributed by atoms with Crippen LogP contribution < -0.4 is 5.32 Å². The van der Waals surface area contributed by atoms with Crippen LogP contribution in [-0.4, -0.2) is 15.3 Å². The maximum absolute atomic E-state index is 12.9. The molecule has 0 atom stereocenters. The van der Waals surface area contributed by atoms with Crippen LogP contribution in [0.25, 0.3) is 5.65 Å². The molecule has 0 aliphatic rings. The van der Waals surface area contributed by atoms with E-state index in [4.69, 9.17) is 0 Å². The number of benzene rings is 1. The first-order chi connectivity index (χ1) is 10.4. The summed E-state index contributed by atoms with van der Waals surface area (Å²) in [6.45, 7) is 0. The summed E-state index contributed by atoms with van der Waals surface area (Å²) in [5.74, 6) is -0.694. The highest BCUT2D eigenvalue weighted by Gasteiger charge is 2.33. The molecule has 7 heteroatoms. The SMILES string of the molecule is O=C(Nc1ccccc1C(F)(F)F)c1cn2ccccc2n1. The van der Waals surface area contributed by atoms with E-state index in [1.54, 1.807) is 28.8 Å². The van der Waals surface area contributed by atoms with Crippen molar-refractivity contribution in [2.24, 2.45) is 0 Å². The van der Waals surface area contributed by atoms with Crippen LogP contribution in [0.5, 0.6) is 0 Å². The van der Waals surface area contributed by atoms with Crippen molar-refractivity contribution in [3.05, 3.63) is 66.1 Å². The Kier molecular flexibility index (Phi) is 3.32. The molecule has 0 aliphatic heterocycles. The number of rotatable bonds is 2. The molecule has 0 bridgehead atoms. The molecule has 0 saturated heterocycles. The van der Waals surface area contributed by atoms with E-state index in [0.29, 0.717) is 5.65 Å². The lowest BCUT2D eigenvalue weighted by molar-refractivity contribution is -0.136. The molecule has 0 aliphatic carbocycles. The Labute approximate surface area is 123 Å². The van der Waals surface area contributed by atoms with Crippen LogP contribution in [0.3, 0.4) is 0 Å². The molecule has 3 rings (SSSR count). The van der Waals surface area contributed by atoms with Gasteiger partial charge in [-0.05, 0) is 24.3 Å². The molecule has 3 aromatic rings. The number of anilines is 1. The van der Waals surface area contributed by atoms with Crippen molar-refractivity contribution < 1.29 is 18.0 Å². The van der Waals surface area contributed by atoms with E-state index in [-0.39, 0.29) is 11.4 Å². The number of hydrogen-bond acceptors (Lipinski definition) is 2. The van der Waals surface area contributed by atoms with Crippen LogP contribution >= 0.6 is 0 Å². The van der Waals surface area contributed by atoms with E-state index in [1.807, 2.05) is 0 Å². The van der Waals surface area contributed by atoms with Crippen molar-refractivity contribution in [1.29, 1.82) is 0 Å². The van der Waals surface area contributed by atoms with Gasteiger partial charge in [0.15, 0.2) is 0 Å². The zero-order chi connectivity index (χ0) is 15.7. The summed E-state index contributed by atoms with van der Waals surface area (Å²) in [4.78, 5) is 16.2. The lowest BCUT2D eigenvalue weighted by Gasteiger charge is -2.12. The molecule has 22 heavy (non-hydrogen) atoms. The number of alkyl halides is 3. The third-order valence-corrected chi connectivity index (χ3v) is 3.08. The third kappa shape index (κ3) is 2.65. The van der Waals surface area contributed by atoms with Crippen LogP contribution in [0.15, 0.2) is 54.9 Å². The number of nitrogens with one attached hydrogen (secondary N) is 1. The topological polar surface area (TPSA) is 46.4 Å². The number of carbonyl (C=O) groups is 1. The first-order valence-electron chi connectivity index (χ1n) is 6.36. The summed E-state index contributed by atoms with van der Waals surface area (Å²) in [5.41, 5.74) is -0.607. The monoisotopic (exact) mass is 305 g/mol. The average molecular weight is 305 g/mol. The predicted octanol–water partition coefficient (Wildman–Crippen LogP) is 3.61. The van der Waals surface area contributed by atoms with Gasteiger partial charge in [0.05, 0.1) is 11.3 Å². The van der Waals surface area contributed by atoms with Crippen molar-refractivity contribution in [3.8, 4) is 0 Å². The smallest absolute Gasteiger partial charge is 0.320 e. The quantitative estimate of drug-likeness (QED) is 0.786. The zero-order valence-electron chi connectivity index (χ0n) is 11.1. The van der Waals surface area contributed by atoms with Crippen LogP contribution in [0.2, 0.25) is 0 Å². The fourth-order valence-corrected chi connectivity index (χ4v) is 2.07. The van der Waals surface area contributed by atoms with Crippen molar-refractivity contribution in [2.75, 3.05) is 5.32 Å². The van der Waals surface area contributed by atoms with Crippen molar-refractivity contribution >= 4 is 17.2 Å². The molecule has 0 unspecified atom stereocenters. The van der Waals surface area contributed by atoms with E-state index in [1.165, 1.54) is 24.4 Å². The number of imidazole rings is 1. The second kappa shape index (κ2) is 5.18. The zero-order valence-corrected chi connectivity index (χ0v) is 11.1. The number of pyridine rings is 1. The minimum Gasteiger partial charge on any atom is -0.320 e. The molecule has 1 aromatic carbocycles. The number of halogens is 3. The maximum Gasteiger partial charge on any atom is 0.418 e. The summed E-state index contributed by atoms with van der Waals surface area (Å²) >= 11 is 0. The molecule has 4 nitrogen and oxygen atoms in total. The third-order valence-electron chi connectivity index (χ3n) is 3.08. The Hall–Kier alpha value is -2.83. The average Bonchev–Trinajstić information content (AvgIpc) is 2.90. The Morgan fingerprint density at radius 1 is 1.09 bits per heavy atom. The molecule has 2 aromatic heterocycles. The number of carbonyl (C=O) groups excluding carboxylic acids is 1. The number of nitrogens with zero attached hydrogens (tertiary/aromatic N) is 2. The van der Waals surface area contributed by atoms with Gasteiger partial charge >= 0.3 is 6.18 Å². The van der Waals surface area contributed by atoms with Crippen LogP contribution in [0.1, 0.15) is 16.1 Å². The van der Waals surface area contributed by atoms with Crippen LogP contribution in [-0.2, 0) is 6.18 Å². The van der Waals surface area contributed by atoms with E-state index >= 15 is 0 Å². The Morgan fingerprint density at radius 2 is 1.82 bits per heavy atom. The second-order valence-electron chi connectivity index (χ2n) is 4.59. The molecule has 112 valence electrons. The Morgan fingerprint density at radius 3 is 2.55 bits per heavy atom. The number of hydrogen-bond donors (Lipinski definition) is 1. The van der Waals surface area contributed by atoms with Gasteiger partial charge in [0.25, 0.3) is 5.91 Å². The number of amides is 1. The maximum atomic E-state index is 12.9. The lowest BCUT2D eigenvalue weighted by atomic mass is 10.1. The van der Waals surface area contributed by atoms with E-state index in [9.17, 15) is 18.0 Å². The highest BCUT2D eigenvalue weighted by Crippen LogP contribution is 2.34.